The van der Waals surface area contributed by atoms with E-state index in [1.165, 1.54) is 53.2 Å². The molecule has 0 bridgehead atoms. The number of nitrogens with zero attached hydrogens (tertiary/aromatic N) is 4. The van der Waals surface area contributed by atoms with Gasteiger partial charge in [-0.25, -0.2) is 9.97 Å². The molecule has 194 valence electrons. The van der Waals surface area contributed by atoms with E-state index in [0.29, 0.717) is 41.8 Å². The van der Waals surface area contributed by atoms with Gasteiger partial charge in [-0.15, -0.1) is 0 Å². The van der Waals surface area contributed by atoms with E-state index < -0.39 is 0 Å². The van der Waals surface area contributed by atoms with Crippen LogP contribution in [0.3, 0.4) is 0 Å². The van der Waals surface area contributed by atoms with Crippen molar-refractivity contribution < 1.29 is 0 Å². The molecular formula is C30H44N6. The Bertz CT molecular complexity index is 1130. The second-order valence-corrected chi connectivity index (χ2v) is 12.4. The first-order valence-electron chi connectivity index (χ1n) is 14.3. The minimum absolute atomic E-state index is 0.407. The first-order chi connectivity index (χ1) is 17.3. The van der Waals surface area contributed by atoms with Gasteiger partial charge in [0.05, 0.1) is 5.69 Å². The molecule has 1 saturated carbocycles. The highest BCUT2D eigenvalue weighted by Gasteiger charge is 2.46. The topological polar surface area (TPSA) is 56.3 Å². The molecule has 36 heavy (non-hydrogen) atoms. The summed E-state index contributed by atoms with van der Waals surface area (Å²) in [5, 5.41) is 0. The number of hydrogen-bond donors (Lipinski definition) is 2. The molecule has 0 amide bonds. The zero-order valence-corrected chi connectivity index (χ0v) is 23.0. The highest BCUT2D eigenvalue weighted by molar-refractivity contribution is 5.61. The van der Waals surface area contributed by atoms with Gasteiger partial charge in [-0.1, -0.05) is 32.9 Å². The highest BCUT2D eigenvalue weighted by atomic mass is 15.4. The van der Waals surface area contributed by atoms with Gasteiger partial charge in [0.1, 0.15) is 11.6 Å². The van der Waals surface area contributed by atoms with Gasteiger partial charge < -0.3 is 9.80 Å². The molecule has 0 spiro atoms. The van der Waals surface area contributed by atoms with Gasteiger partial charge >= 0.3 is 0 Å². The Kier molecular flexibility index (Phi) is 6.24. The molecule has 4 heterocycles. The van der Waals surface area contributed by atoms with Crippen LogP contribution in [0.15, 0.2) is 18.2 Å². The van der Waals surface area contributed by atoms with Crippen molar-refractivity contribution >= 4 is 11.5 Å². The smallest absolute Gasteiger partial charge is 0.137 e. The van der Waals surface area contributed by atoms with E-state index in [9.17, 15) is 0 Å². The summed E-state index contributed by atoms with van der Waals surface area (Å²) in [7, 11) is 0. The average Bonchev–Trinajstić information content (AvgIpc) is 3.23. The van der Waals surface area contributed by atoms with Crippen molar-refractivity contribution in [3.63, 3.8) is 0 Å². The largest absolute Gasteiger partial charge is 0.366 e. The number of rotatable bonds is 4. The SMILES string of the molecule is Cc1ccc(C(C)C)cc1N1CCc2nc(C3C(C)CCC4NNC(C)C43)nc(N3CCC3C)c2C1. The van der Waals surface area contributed by atoms with E-state index in [4.69, 9.17) is 9.97 Å². The number of aryl methyl sites for hydroxylation is 1. The monoisotopic (exact) mass is 488 g/mol. The Morgan fingerprint density at radius 3 is 2.56 bits per heavy atom. The second kappa shape index (κ2) is 9.29. The zero-order valence-electron chi connectivity index (χ0n) is 23.0. The lowest BCUT2D eigenvalue weighted by Gasteiger charge is -2.44. The van der Waals surface area contributed by atoms with Crippen LogP contribution in [0.4, 0.5) is 11.5 Å². The van der Waals surface area contributed by atoms with Crippen molar-refractivity contribution in [3.05, 3.63) is 46.4 Å². The Morgan fingerprint density at radius 1 is 1.00 bits per heavy atom. The quantitative estimate of drug-likeness (QED) is 0.627. The number of aromatic nitrogens is 2. The maximum Gasteiger partial charge on any atom is 0.137 e. The van der Waals surface area contributed by atoms with E-state index >= 15 is 0 Å². The molecule has 6 atom stereocenters. The van der Waals surface area contributed by atoms with E-state index in [1.807, 2.05) is 0 Å². The number of benzene rings is 1. The van der Waals surface area contributed by atoms with Gasteiger partial charge in [0, 0.05) is 67.3 Å². The molecule has 0 radical (unpaired) electrons. The lowest BCUT2D eigenvalue weighted by molar-refractivity contribution is 0.197. The molecule has 1 aromatic carbocycles. The van der Waals surface area contributed by atoms with Crippen molar-refractivity contribution in [2.24, 2.45) is 11.8 Å². The average molecular weight is 489 g/mol. The molecule has 2 aromatic rings. The maximum absolute atomic E-state index is 5.46. The minimum Gasteiger partial charge on any atom is -0.366 e. The standard InChI is InChI=1S/C30H44N6/c1-17(2)22-9-7-18(3)26(15-22)35-13-12-24-23(16-35)30(36-14-11-20(36)5)32-29(31-24)27-19(4)8-10-25-28(27)21(6)33-34-25/h7,9,15,17,19-21,25,27-28,33-34H,8,10-14,16H2,1-6H3. The summed E-state index contributed by atoms with van der Waals surface area (Å²) in [6.45, 7) is 16.9. The fraction of sp³-hybridized carbons (Fsp3) is 0.667. The number of anilines is 2. The predicted octanol–water partition coefficient (Wildman–Crippen LogP) is 5.06. The normalized spacial score (nSPS) is 31.9. The number of nitrogens with one attached hydrogen (secondary N) is 2. The van der Waals surface area contributed by atoms with Crippen LogP contribution in [0.2, 0.25) is 0 Å². The van der Waals surface area contributed by atoms with Crippen molar-refractivity contribution in [1.29, 1.82) is 0 Å². The predicted molar refractivity (Wildman–Crippen MR) is 148 cm³/mol. The van der Waals surface area contributed by atoms with E-state index in [1.54, 1.807) is 0 Å². The molecule has 6 nitrogen and oxygen atoms in total. The molecular weight excluding hydrogens is 444 g/mol. The number of hydrogen-bond acceptors (Lipinski definition) is 6. The summed E-state index contributed by atoms with van der Waals surface area (Å²) in [6.07, 6.45) is 4.72. The van der Waals surface area contributed by atoms with E-state index in [0.717, 1.165) is 31.9 Å². The van der Waals surface area contributed by atoms with Crippen molar-refractivity contribution in [1.82, 2.24) is 20.8 Å². The van der Waals surface area contributed by atoms with Crippen LogP contribution in [0.5, 0.6) is 0 Å². The van der Waals surface area contributed by atoms with Gasteiger partial charge in [0.25, 0.3) is 0 Å². The van der Waals surface area contributed by atoms with Crippen LogP contribution in [0, 0.1) is 18.8 Å². The molecule has 1 aliphatic carbocycles. The fourth-order valence-corrected chi connectivity index (χ4v) is 7.20. The van der Waals surface area contributed by atoms with Crippen LogP contribution < -0.4 is 20.7 Å². The van der Waals surface area contributed by atoms with Crippen LogP contribution in [-0.4, -0.2) is 41.2 Å². The minimum atomic E-state index is 0.407. The van der Waals surface area contributed by atoms with Gasteiger partial charge in [0.15, 0.2) is 0 Å². The highest BCUT2D eigenvalue weighted by Crippen LogP contribution is 2.45. The van der Waals surface area contributed by atoms with E-state index in [2.05, 4.69) is 80.4 Å². The molecule has 3 fully saturated rings. The summed E-state index contributed by atoms with van der Waals surface area (Å²) in [5.41, 5.74) is 13.9. The van der Waals surface area contributed by atoms with Crippen LogP contribution >= 0.6 is 0 Å². The van der Waals surface area contributed by atoms with Gasteiger partial charge in [-0.2, -0.15) is 0 Å². The summed E-state index contributed by atoms with van der Waals surface area (Å²) in [4.78, 5) is 16.0. The molecule has 2 saturated heterocycles. The molecule has 6 unspecified atom stereocenters. The lowest BCUT2D eigenvalue weighted by atomic mass is 9.68. The van der Waals surface area contributed by atoms with Crippen LogP contribution in [-0.2, 0) is 13.0 Å². The Labute approximate surface area is 217 Å². The third-order valence-electron chi connectivity index (χ3n) is 9.69. The van der Waals surface area contributed by atoms with E-state index in [-0.39, 0.29) is 0 Å². The van der Waals surface area contributed by atoms with Crippen LogP contribution in [0.25, 0.3) is 0 Å². The van der Waals surface area contributed by atoms with Crippen LogP contribution in [0.1, 0.15) is 93.9 Å². The third kappa shape index (κ3) is 4.01. The summed E-state index contributed by atoms with van der Waals surface area (Å²) < 4.78 is 0. The van der Waals surface area contributed by atoms with Crippen molar-refractivity contribution in [2.75, 3.05) is 22.9 Å². The number of fused-ring (bicyclic) bond motifs is 2. The molecule has 2 N–H and O–H groups in total. The molecule has 6 heteroatoms. The molecule has 1 aromatic heterocycles. The Balaban J connectivity index is 1.39. The lowest BCUT2D eigenvalue weighted by Crippen LogP contribution is -2.48. The second-order valence-electron chi connectivity index (χ2n) is 12.4. The van der Waals surface area contributed by atoms with Gasteiger partial charge in [-0.3, -0.25) is 10.9 Å². The van der Waals surface area contributed by atoms with Crippen molar-refractivity contribution in [2.45, 2.75) is 104 Å². The fourth-order valence-electron chi connectivity index (χ4n) is 7.20. The zero-order chi connectivity index (χ0) is 25.1. The summed E-state index contributed by atoms with van der Waals surface area (Å²) >= 11 is 0. The Morgan fingerprint density at radius 2 is 1.83 bits per heavy atom. The maximum atomic E-state index is 5.46. The number of hydrazine groups is 1. The van der Waals surface area contributed by atoms with Crippen molar-refractivity contribution in [3.8, 4) is 0 Å². The third-order valence-corrected chi connectivity index (χ3v) is 9.69. The van der Waals surface area contributed by atoms with Gasteiger partial charge in [-0.05, 0) is 69.1 Å². The first-order valence-corrected chi connectivity index (χ1v) is 14.3. The summed E-state index contributed by atoms with van der Waals surface area (Å²) in [5.74, 6) is 4.43. The molecule has 4 aliphatic rings. The Hall–Kier alpha value is -2.18. The molecule has 6 rings (SSSR count). The first kappa shape index (κ1) is 24.2. The molecule has 3 aliphatic heterocycles. The summed E-state index contributed by atoms with van der Waals surface area (Å²) in [6, 6.07) is 8.53. The van der Waals surface area contributed by atoms with Gasteiger partial charge in [0.2, 0.25) is 0 Å².